The maximum Gasteiger partial charge on any atom is 0.272 e. The number of likely N-dealkylation sites (tertiary alicyclic amines) is 1. The summed E-state index contributed by atoms with van der Waals surface area (Å²) in [6.45, 7) is 6.13. The van der Waals surface area contributed by atoms with Crippen LogP contribution >= 0.6 is 0 Å². The van der Waals surface area contributed by atoms with E-state index < -0.39 is 0 Å². The summed E-state index contributed by atoms with van der Waals surface area (Å²) in [6.07, 6.45) is 5.84. The molecule has 1 aliphatic heterocycles. The fraction of sp³-hybridized carbons (Fsp3) is 0.429. The number of nitrogens with zero attached hydrogens (tertiary/aromatic N) is 5. The molecule has 0 saturated carbocycles. The van der Waals surface area contributed by atoms with E-state index in [1.165, 1.54) is 0 Å². The van der Waals surface area contributed by atoms with Crippen molar-refractivity contribution in [3.05, 3.63) is 58.3 Å². The molecule has 2 aromatic heterocycles. The molecule has 0 spiro atoms. The lowest BCUT2D eigenvalue weighted by Crippen LogP contribution is -2.42. The maximum absolute atomic E-state index is 12.9. The standard InChI is InChI=1S/C21H25N5O2/c1-15-11-22-25(12-15)13-17-7-9-24(10-8-17)20(27)14-26-19-6-4-3-5-18(19)23-16(2)21(26)28/h3-6,11-12,17H,7-10,13-14H2,1-2H3. The second-order valence-electron chi connectivity index (χ2n) is 7.64. The first-order valence-corrected chi connectivity index (χ1v) is 9.74. The van der Waals surface area contributed by atoms with Gasteiger partial charge in [0.1, 0.15) is 12.2 Å². The minimum absolute atomic E-state index is 0.00811. The number of aromatic nitrogens is 4. The molecule has 146 valence electrons. The van der Waals surface area contributed by atoms with E-state index in [2.05, 4.69) is 16.3 Å². The molecule has 4 rings (SSSR count). The Balaban J connectivity index is 1.43. The van der Waals surface area contributed by atoms with Gasteiger partial charge < -0.3 is 4.90 Å². The molecular formula is C21H25N5O2. The Hall–Kier alpha value is -2.96. The third kappa shape index (κ3) is 3.69. The van der Waals surface area contributed by atoms with Crippen molar-refractivity contribution in [3.63, 3.8) is 0 Å². The Bertz CT molecular complexity index is 1060. The summed E-state index contributed by atoms with van der Waals surface area (Å²) in [5.41, 5.74) is 2.82. The molecule has 3 aromatic rings. The van der Waals surface area contributed by atoms with Crippen molar-refractivity contribution < 1.29 is 4.79 Å². The quantitative estimate of drug-likeness (QED) is 0.696. The minimum atomic E-state index is -0.198. The van der Waals surface area contributed by atoms with Crippen LogP contribution in [0.2, 0.25) is 0 Å². The van der Waals surface area contributed by atoms with Crippen molar-refractivity contribution in [1.82, 2.24) is 24.2 Å². The van der Waals surface area contributed by atoms with Crippen LogP contribution in [-0.4, -0.2) is 43.2 Å². The molecule has 3 heterocycles. The number of rotatable bonds is 4. The largest absolute Gasteiger partial charge is 0.341 e. The monoisotopic (exact) mass is 379 g/mol. The Morgan fingerprint density at radius 2 is 1.93 bits per heavy atom. The van der Waals surface area contributed by atoms with Crippen molar-refractivity contribution in [2.45, 2.75) is 39.8 Å². The third-order valence-corrected chi connectivity index (χ3v) is 5.48. The van der Waals surface area contributed by atoms with E-state index in [1.807, 2.05) is 47.0 Å². The number of piperidine rings is 1. The number of carbonyl (C=O) groups excluding carboxylic acids is 1. The van der Waals surface area contributed by atoms with Gasteiger partial charge in [-0.1, -0.05) is 12.1 Å². The molecule has 0 radical (unpaired) electrons. The number of benzene rings is 1. The molecule has 1 fully saturated rings. The molecule has 1 amide bonds. The van der Waals surface area contributed by atoms with Crippen molar-refractivity contribution in [2.75, 3.05) is 13.1 Å². The van der Waals surface area contributed by atoms with E-state index in [0.717, 1.165) is 43.6 Å². The van der Waals surface area contributed by atoms with E-state index >= 15 is 0 Å². The van der Waals surface area contributed by atoms with Crippen LogP contribution < -0.4 is 5.56 Å². The molecule has 0 aliphatic carbocycles. The molecule has 0 unspecified atom stereocenters. The highest BCUT2D eigenvalue weighted by atomic mass is 16.2. The molecule has 7 nitrogen and oxygen atoms in total. The van der Waals surface area contributed by atoms with Gasteiger partial charge in [0.15, 0.2) is 0 Å². The molecule has 1 aliphatic rings. The Kier molecular flexibility index (Phi) is 4.98. The molecule has 1 aromatic carbocycles. The Labute approximate surface area is 163 Å². The molecule has 0 N–H and O–H groups in total. The van der Waals surface area contributed by atoms with Gasteiger partial charge in [-0.05, 0) is 50.3 Å². The van der Waals surface area contributed by atoms with E-state index in [0.29, 0.717) is 17.1 Å². The number of aryl methyl sites for hydroxylation is 2. The summed E-state index contributed by atoms with van der Waals surface area (Å²) in [4.78, 5) is 31.7. The number of carbonyl (C=O) groups is 1. The third-order valence-electron chi connectivity index (χ3n) is 5.48. The lowest BCUT2D eigenvalue weighted by Gasteiger charge is -2.32. The van der Waals surface area contributed by atoms with Crippen LogP contribution in [0.5, 0.6) is 0 Å². The number of amides is 1. The average Bonchev–Trinajstić information content (AvgIpc) is 3.10. The first-order chi connectivity index (χ1) is 13.5. The van der Waals surface area contributed by atoms with Crippen LogP contribution in [0, 0.1) is 19.8 Å². The van der Waals surface area contributed by atoms with E-state index in [-0.39, 0.29) is 18.0 Å². The summed E-state index contributed by atoms with van der Waals surface area (Å²) in [7, 11) is 0. The Morgan fingerprint density at radius 3 is 2.64 bits per heavy atom. The first kappa shape index (κ1) is 18.4. The summed E-state index contributed by atoms with van der Waals surface area (Å²) in [5.74, 6) is 0.515. The van der Waals surface area contributed by atoms with Crippen molar-refractivity contribution in [3.8, 4) is 0 Å². The number of hydrogen-bond donors (Lipinski definition) is 0. The summed E-state index contributed by atoms with van der Waals surface area (Å²) in [5, 5.41) is 4.36. The lowest BCUT2D eigenvalue weighted by molar-refractivity contribution is -0.133. The molecule has 0 atom stereocenters. The lowest BCUT2D eigenvalue weighted by atomic mass is 9.97. The van der Waals surface area contributed by atoms with Gasteiger partial charge >= 0.3 is 0 Å². The summed E-state index contributed by atoms with van der Waals surface area (Å²) >= 11 is 0. The minimum Gasteiger partial charge on any atom is -0.341 e. The van der Waals surface area contributed by atoms with E-state index in [4.69, 9.17) is 0 Å². The molecule has 1 saturated heterocycles. The average molecular weight is 379 g/mol. The number of hydrogen-bond acceptors (Lipinski definition) is 4. The highest BCUT2D eigenvalue weighted by Crippen LogP contribution is 2.20. The SMILES string of the molecule is Cc1cnn(CC2CCN(C(=O)Cn3c(=O)c(C)nc4ccccc43)CC2)c1. The van der Waals surface area contributed by atoms with Gasteiger partial charge in [-0.25, -0.2) is 4.98 Å². The zero-order chi connectivity index (χ0) is 19.7. The van der Waals surface area contributed by atoms with Crippen molar-refractivity contribution in [1.29, 1.82) is 0 Å². The predicted octanol–water partition coefficient (Wildman–Crippen LogP) is 2.15. The summed E-state index contributed by atoms with van der Waals surface area (Å²) < 4.78 is 3.54. The fourth-order valence-electron chi connectivity index (χ4n) is 3.91. The van der Waals surface area contributed by atoms with Gasteiger partial charge in [-0.15, -0.1) is 0 Å². The number of fused-ring (bicyclic) bond motifs is 1. The highest BCUT2D eigenvalue weighted by molar-refractivity contribution is 5.80. The molecule has 7 heteroatoms. The smallest absolute Gasteiger partial charge is 0.272 e. The molecule has 28 heavy (non-hydrogen) atoms. The second kappa shape index (κ2) is 7.58. The molecule has 0 bridgehead atoms. The van der Waals surface area contributed by atoms with Crippen LogP contribution in [0.4, 0.5) is 0 Å². The van der Waals surface area contributed by atoms with E-state index in [1.54, 1.807) is 11.5 Å². The zero-order valence-corrected chi connectivity index (χ0v) is 16.3. The topological polar surface area (TPSA) is 73.0 Å². The fourth-order valence-corrected chi connectivity index (χ4v) is 3.91. The predicted molar refractivity (Wildman–Crippen MR) is 107 cm³/mol. The van der Waals surface area contributed by atoms with Crippen molar-refractivity contribution >= 4 is 16.9 Å². The Morgan fingerprint density at radius 1 is 1.18 bits per heavy atom. The van der Waals surface area contributed by atoms with Crippen LogP contribution in [0.1, 0.15) is 24.1 Å². The molecular weight excluding hydrogens is 354 g/mol. The van der Waals surface area contributed by atoms with Crippen LogP contribution in [0.15, 0.2) is 41.5 Å². The van der Waals surface area contributed by atoms with Gasteiger partial charge in [0.05, 0.1) is 17.2 Å². The van der Waals surface area contributed by atoms with Crippen LogP contribution in [0.3, 0.4) is 0 Å². The zero-order valence-electron chi connectivity index (χ0n) is 16.3. The van der Waals surface area contributed by atoms with Gasteiger partial charge in [0.25, 0.3) is 5.56 Å². The number of para-hydroxylation sites is 2. The second-order valence-corrected chi connectivity index (χ2v) is 7.64. The van der Waals surface area contributed by atoms with Gasteiger partial charge in [-0.3, -0.25) is 18.8 Å². The van der Waals surface area contributed by atoms with Crippen molar-refractivity contribution in [2.24, 2.45) is 5.92 Å². The highest BCUT2D eigenvalue weighted by Gasteiger charge is 2.24. The maximum atomic E-state index is 12.9. The van der Waals surface area contributed by atoms with Crippen LogP contribution in [-0.2, 0) is 17.9 Å². The van der Waals surface area contributed by atoms with Crippen LogP contribution in [0.25, 0.3) is 11.0 Å². The first-order valence-electron chi connectivity index (χ1n) is 9.74. The van der Waals surface area contributed by atoms with Gasteiger partial charge in [0.2, 0.25) is 5.91 Å². The van der Waals surface area contributed by atoms with Gasteiger partial charge in [0, 0.05) is 25.8 Å². The van der Waals surface area contributed by atoms with Gasteiger partial charge in [-0.2, -0.15) is 5.10 Å². The van der Waals surface area contributed by atoms with E-state index in [9.17, 15) is 9.59 Å². The normalized spacial score (nSPS) is 15.3. The summed E-state index contributed by atoms with van der Waals surface area (Å²) in [6, 6.07) is 7.46.